The monoisotopic (exact) mass is 433 g/mol. The van der Waals surface area contributed by atoms with Crippen molar-refractivity contribution in [2.24, 2.45) is 0 Å². The Hall–Kier alpha value is -2.46. The molecule has 1 fully saturated rings. The molecule has 10 heteroatoms. The van der Waals surface area contributed by atoms with Gasteiger partial charge in [0.1, 0.15) is 41.9 Å². The van der Waals surface area contributed by atoms with Crippen molar-refractivity contribution in [1.82, 2.24) is 19.9 Å². The van der Waals surface area contributed by atoms with Crippen molar-refractivity contribution in [3.8, 4) is 5.75 Å². The molecule has 30 heavy (non-hydrogen) atoms. The maximum atomic E-state index is 14.4. The van der Waals surface area contributed by atoms with Crippen molar-refractivity contribution in [3.63, 3.8) is 0 Å². The van der Waals surface area contributed by atoms with Crippen molar-refractivity contribution in [1.29, 1.82) is 0 Å². The molecule has 2 aliphatic rings. The fourth-order valence-corrected chi connectivity index (χ4v) is 4.70. The largest absolute Gasteiger partial charge is 0.487 e. The Morgan fingerprint density at radius 1 is 1.27 bits per heavy atom. The molecule has 1 aliphatic heterocycles. The molecule has 3 aromatic rings. The molecule has 0 amide bonds. The zero-order chi connectivity index (χ0) is 21.0. The van der Waals surface area contributed by atoms with Crippen LogP contribution < -0.4 is 15.8 Å². The third-order valence-corrected chi connectivity index (χ3v) is 6.18. The summed E-state index contributed by atoms with van der Waals surface area (Å²) in [5.41, 5.74) is 8.14. The first-order valence-electron chi connectivity index (χ1n) is 9.75. The topological polar surface area (TPSA) is 118 Å². The molecule has 2 unspecified atom stereocenters. The van der Waals surface area contributed by atoms with Crippen LogP contribution in [-0.4, -0.2) is 49.6 Å². The Kier molecular flexibility index (Phi) is 4.78. The Morgan fingerprint density at radius 3 is 2.93 bits per heavy atom. The predicted octanol–water partition coefficient (Wildman–Crippen LogP) is 1.57. The summed E-state index contributed by atoms with van der Waals surface area (Å²) >= 11 is 6.26. The lowest BCUT2D eigenvalue weighted by atomic mass is 10.00. The summed E-state index contributed by atoms with van der Waals surface area (Å²) in [4.78, 5) is 7.94. The second kappa shape index (κ2) is 7.35. The molecule has 8 nitrogen and oxygen atoms in total. The molecule has 1 aromatic carbocycles. The van der Waals surface area contributed by atoms with E-state index in [4.69, 9.17) is 22.1 Å². The summed E-state index contributed by atoms with van der Waals surface area (Å²) in [6.07, 6.45) is 0.517. The highest BCUT2D eigenvalue weighted by Crippen LogP contribution is 2.39. The SMILES string of the molecule is Nc1ncnc2c1c(F)cn2C1CC(Oc2cc(Cl)cc3c2CNCC3)[C@@H](O)[C@H]1O. The van der Waals surface area contributed by atoms with E-state index < -0.39 is 30.2 Å². The molecule has 4 atom stereocenters. The second-order valence-corrected chi connectivity index (χ2v) is 8.19. The quantitative estimate of drug-likeness (QED) is 0.495. The van der Waals surface area contributed by atoms with E-state index in [0.29, 0.717) is 17.3 Å². The Morgan fingerprint density at radius 2 is 2.10 bits per heavy atom. The molecule has 0 saturated heterocycles. The average Bonchev–Trinajstić information content (AvgIpc) is 3.20. The lowest BCUT2D eigenvalue weighted by Gasteiger charge is -2.24. The number of nitrogens with zero attached hydrogens (tertiary/aromatic N) is 3. The van der Waals surface area contributed by atoms with E-state index in [2.05, 4.69) is 15.3 Å². The number of aromatic nitrogens is 3. The highest BCUT2D eigenvalue weighted by Gasteiger charge is 2.45. The van der Waals surface area contributed by atoms with Gasteiger partial charge in [-0.05, 0) is 30.7 Å². The zero-order valence-electron chi connectivity index (χ0n) is 15.9. The average molecular weight is 434 g/mol. The molecule has 2 aromatic heterocycles. The van der Waals surface area contributed by atoms with Crippen LogP contribution in [0.2, 0.25) is 5.02 Å². The van der Waals surface area contributed by atoms with E-state index in [9.17, 15) is 14.6 Å². The van der Waals surface area contributed by atoms with Gasteiger partial charge >= 0.3 is 0 Å². The molecular formula is C20H21ClFN5O3. The number of fused-ring (bicyclic) bond motifs is 2. The van der Waals surface area contributed by atoms with Gasteiger partial charge < -0.3 is 30.6 Å². The van der Waals surface area contributed by atoms with Gasteiger partial charge in [0.25, 0.3) is 0 Å². The number of aliphatic hydroxyl groups excluding tert-OH is 2. The number of hydrogen-bond acceptors (Lipinski definition) is 7. The molecule has 3 heterocycles. The Bertz CT molecular complexity index is 1120. The van der Waals surface area contributed by atoms with Crippen molar-refractivity contribution in [2.75, 3.05) is 12.3 Å². The maximum absolute atomic E-state index is 14.4. The Balaban J connectivity index is 1.47. The van der Waals surface area contributed by atoms with Gasteiger partial charge in [-0.2, -0.15) is 0 Å². The van der Waals surface area contributed by atoms with Crippen LogP contribution in [0.25, 0.3) is 11.0 Å². The van der Waals surface area contributed by atoms with E-state index in [-0.39, 0.29) is 23.3 Å². The van der Waals surface area contributed by atoms with Crippen LogP contribution in [0.4, 0.5) is 10.2 Å². The van der Waals surface area contributed by atoms with Gasteiger partial charge in [-0.3, -0.25) is 0 Å². The highest BCUT2D eigenvalue weighted by molar-refractivity contribution is 6.30. The van der Waals surface area contributed by atoms with Gasteiger partial charge in [-0.1, -0.05) is 11.6 Å². The van der Waals surface area contributed by atoms with Crippen molar-refractivity contribution >= 4 is 28.5 Å². The van der Waals surface area contributed by atoms with Gasteiger partial charge in [-0.15, -0.1) is 0 Å². The normalized spacial score (nSPS) is 26.1. The van der Waals surface area contributed by atoms with E-state index >= 15 is 0 Å². The van der Waals surface area contributed by atoms with Gasteiger partial charge in [0.15, 0.2) is 5.82 Å². The number of anilines is 1. The molecule has 1 aliphatic carbocycles. The summed E-state index contributed by atoms with van der Waals surface area (Å²) in [5, 5.41) is 25.3. The summed E-state index contributed by atoms with van der Waals surface area (Å²) in [6, 6.07) is 3.00. The number of nitrogens with one attached hydrogen (secondary N) is 1. The summed E-state index contributed by atoms with van der Waals surface area (Å²) in [5.74, 6) is 0.0241. The number of hydrogen-bond donors (Lipinski definition) is 4. The van der Waals surface area contributed by atoms with Crippen LogP contribution in [0.5, 0.6) is 5.75 Å². The fourth-order valence-electron chi connectivity index (χ4n) is 4.47. The second-order valence-electron chi connectivity index (χ2n) is 7.75. The minimum atomic E-state index is -1.17. The molecule has 0 radical (unpaired) electrons. The van der Waals surface area contributed by atoms with Crippen molar-refractivity contribution in [2.45, 2.75) is 43.7 Å². The van der Waals surface area contributed by atoms with E-state index in [1.165, 1.54) is 17.1 Å². The summed E-state index contributed by atoms with van der Waals surface area (Å²) in [7, 11) is 0. The first-order valence-corrected chi connectivity index (χ1v) is 10.1. The van der Waals surface area contributed by atoms with Crippen LogP contribution in [0.15, 0.2) is 24.7 Å². The number of nitrogen functional groups attached to an aromatic ring is 1. The summed E-state index contributed by atoms with van der Waals surface area (Å²) in [6.45, 7) is 1.50. The molecule has 0 bridgehead atoms. The van der Waals surface area contributed by atoms with E-state index in [1.54, 1.807) is 6.07 Å². The fraction of sp³-hybridized carbons (Fsp3) is 0.400. The minimum absolute atomic E-state index is 0.0233. The van der Waals surface area contributed by atoms with Crippen LogP contribution in [0, 0.1) is 5.82 Å². The molecule has 5 N–H and O–H groups in total. The zero-order valence-corrected chi connectivity index (χ0v) is 16.7. The summed E-state index contributed by atoms with van der Waals surface area (Å²) < 4.78 is 22.1. The standard InChI is InChI=1S/C20H21ClFN5O3/c21-10-3-9-1-2-24-6-11(9)14(4-10)30-15-5-13(17(28)18(15)29)27-7-12(22)16-19(23)25-8-26-20(16)27/h3-4,7-8,13,15,17-18,24,28-29H,1-2,5-6H2,(H2,23,25,26)/t13?,15?,17-,18+/m0/s1. The van der Waals surface area contributed by atoms with Crippen LogP contribution in [0.3, 0.4) is 0 Å². The predicted molar refractivity (Wildman–Crippen MR) is 109 cm³/mol. The number of rotatable bonds is 3. The number of halogens is 2. The molecule has 158 valence electrons. The van der Waals surface area contributed by atoms with Crippen LogP contribution in [-0.2, 0) is 13.0 Å². The lowest BCUT2D eigenvalue weighted by molar-refractivity contribution is -0.0166. The molecular weight excluding hydrogens is 413 g/mol. The van der Waals surface area contributed by atoms with Crippen LogP contribution in [0.1, 0.15) is 23.6 Å². The smallest absolute Gasteiger partial charge is 0.154 e. The number of benzene rings is 1. The first kappa shape index (κ1) is 19.5. The van der Waals surface area contributed by atoms with Crippen LogP contribution >= 0.6 is 11.6 Å². The number of nitrogens with two attached hydrogens (primary N) is 1. The lowest BCUT2D eigenvalue weighted by Crippen LogP contribution is -2.34. The third-order valence-electron chi connectivity index (χ3n) is 5.97. The van der Waals surface area contributed by atoms with Crippen molar-refractivity contribution < 1.29 is 19.3 Å². The molecule has 5 rings (SSSR count). The molecule has 1 saturated carbocycles. The molecule has 0 spiro atoms. The first-order chi connectivity index (χ1) is 14.4. The minimum Gasteiger partial charge on any atom is -0.487 e. The van der Waals surface area contributed by atoms with Gasteiger partial charge in [0.2, 0.25) is 0 Å². The van der Waals surface area contributed by atoms with Gasteiger partial charge in [0, 0.05) is 29.7 Å². The van der Waals surface area contributed by atoms with E-state index in [0.717, 1.165) is 24.1 Å². The third kappa shape index (κ3) is 3.09. The van der Waals surface area contributed by atoms with Crippen molar-refractivity contribution in [3.05, 3.63) is 46.6 Å². The van der Waals surface area contributed by atoms with Gasteiger partial charge in [0.05, 0.1) is 11.4 Å². The van der Waals surface area contributed by atoms with Gasteiger partial charge in [-0.25, -0.2) is 14.4 Å². The van der Waals surface area contributed by atoms with E-state index in [1.807, 2.05) is 6.07 Å². The highest BCUT2D eigenvalue weighted by atomic mass is 35.5. The Labute approximate surface area is 176 Å². The number of aliphatic hydroxyl groups is 2. The number of ether oxygens (including phenoxy) is 1. The maximum Gasteiger partial charge on any atom is 0.154 e.